The highest BCUT2D eigenvalue weighted by Crippen LogP contribution is 2.31. The van der Waals surface area contributed by atoms with Gasteiger partial charge in [-0.05, 0) is 68.0 Å². The molecule has 9 heteroatoms. The summed E-state index contributed by atoms with van der Waals surface area (Å²) in [5.41, 5.74) is 3.51. The molecule has 234 valence electrons. The maximum atomic E-state index is 13.3. The van der Waals surface area contributed by atoms with Crippen LogP contribution < -0.4 is 10.1 Å². The number of anilines is 2. The number of aryl methyl sites for hydroxylation is 1. The minimum absolute atomic E-state index is 0.160. The standard InChI is InChI=1S/C22H17ClFN3O.C6H10O3.3C2H6/c1-14-5-7-20-18(9-14)22(26-13-25-20)27-17-6-8-21(19(23)11-17)28-12-15-3-2-4-16(24)10-15;1-2-5(7)6-8-3-4-9-6;3*1-2/h2-11,13H,12H2,1H3,(H,25,26,27);2,6-7H,3-4H2,1H3;3*1-2H3/b;5-2-;;;. The third-order valence-electron chi connectivity index (χ3n) is 5.43. The van der Waals surface area contributed by atoms with Crippen molar-refractivity contribution in [3.05, 3.63) is 101 Å². The lowest BCUT2D eigenvalue weighted by atomic mass is 10.1. The molecule has 0 spiro atoms. The third kappa shape index (κ3) is 12.2. The average Bonchev–Trinajstić information content (AvgIpc) is 3.59. The number of fused-ring (bicyclic) bond motifs is 1. The minimum Gasteiger partial charge on any atom is -0.507 e. The monoisotopic (exact) mass is 613 g/mol. The molecule has 1 aromatic heterocycles. The van der Waals surface area contributed by atoms with Gasteiger partial charge in [0.1, 0.15) is 36.1 Å². The third-order valence-corrected chi connectivity index (χ3v) is 5.72. The van der Waals surface area contributed by atoms with Gasteiger partial charge in [-0.1, -0.05) is 76.9 Å². The largest absolute Gasteiger partial charge is 0.507 e. The van der Waals surface area contributed by atoms with E-state index in [1.54, 1.807) is 37.3 Å². The van der Waals surface area contributed by atoms with Crippen molar-refractivity contribution in [3.63, 3.8) is 0 Å². The van der Waals surface area contributed by atoms with E-state index < -0.39 is 6.29 Å². The Kier molecular flexibility index (Phi) is 18.3. The summed E-state index contributed by atoms with van der Waals surface area (Å²) in [6.07, 6.45) is 2.59. The van der Waals surface area contributed by atoms with Gasteiger partial charge in [0.2, 0.25) is 6.29 Å². The molecule has 7 nitrogen and oxygen atoms in total. The topological polar surface area (TPSA) is 85.7 Å². The molecule has 1 saturated heterocycles. The van der Waals surface area contributed by atoms with Crippen LogP contribution in [0.1, 0.15) is 59.6 Å². The Morgan fingerprint density at radius 1 is 1.00 bits per heavy atom. The van der Waals surface area contributed by atoms with E-state index in [1.807, 2.05) is 72.7 Å². The summed E-state index contributed by atoms with van der Waals surface area (Å²) in [5.74, 6) is 1.10. The lowest BCUT2D eigenvalue weighted by Crippen LogP contribution is -2.10. The van der Waals surface area contributed by atoms with Crippen LogP contribution in [0.4, 0.5) is 15.9 Å². The van der Waals surface area contributed by atoms with Gasteiger partial charge in [0.05, 0.1) is 23.8 Å². The molecular formula is C34H45ClFN3O4. The second-order valence-electron chi connectivity index (χ2n) is 8.22. The van der Waals surface area contributed by atoms with Crippen molar-refractivity contribution in [1.82, 2.24) is 9.97 Å². The van der Waals surface area contributed by atoms with Gasteiger partial charge in [-0.3, -0.25) is 0 Å². The van der Waals surface area contributed by atoms with Crippen LogP contribution in [0.15, 0.2) is 78.8 Å². The Labute approximate surface area is 260 Å². The maximum absolute atomic E-state index is 13.3. The average molecular weight is 614 g/mol. The number of ether oxygens (including phenoxy) is 3. The second kappa shape index (κ2) is 21.0. The molecule has 0 bridgehead atoms. The number of nitrogens with zero attached hydrogens (tertiary/aromatic N) is 2. The molecule has 2 N–H and O–H groups in total. The van der Waals surface area contributed by atoms with E-state index in [0.29, 0.717) is 29.8 Å². The smallest absolute Gasteiger partial charge is 0.216 e. The van der Waals surface area contributed by atoms with Crippen molar-refractivity contribution in [3.8, 4) is 5.75 Å². The van der Waals surface area contributed by atoms with Gasteiger partial charge in [0.25, 0.3) is 0 Å². The quantitative estimate of drug-likeness (QED) is 0.209. The number of allylic oxidation sites excluding steroid dienone is 1. The lowest BCUT2D eigenvalue weighted by Gasteiger charge is -2.12. The normalized spacial score (nSPS) is 12.3. The Hall–Kier alpha value is -3.72. The lowest BCUT2D eigenvalue weighted by molar-refractivity contribution is -0.0388. The van der Waals surface area contributed by atoms with Gasteiger partial charge < -0.3 is 24.6 Å². The first-order valence-electron chi connectivity index (χ1n) is 14.7. The second-order valence-corrected chi connectivity index (χ2v) is 8.63. The molecule has 0 atom stereocenters. The Bertz CT molecular complexity index is 1400. The van der Waals surface area contributed by atoms with Crippen molar-refractivity contribution >= 4 is 34.0 Å². The zero-order chi connectivity index (χ0) is 32.2. The number of aliphatic hydroxyl groups is 1. The highest BCUT2D eigenvalue weighted by atomic mass is 35.5. The zero-order valence-corrected chi connectivity index (χ0v) is 27.2. The summed E-state index contributed by atoms with van der Waals surface area (Å²) >= 11 is 6.36. The van der Waals surface area contributed by atoms with Crippen molar-refractivity contribution in [2.45, 2.75) is 68.3 Å². The van der Waals surface area contributed by atoms with Crippen LogP contribution in [0.25, 0.3) is 10.9 Å². The first-order valence-corrected chi connectivity index (χ1v) is 15.0. The summed E-state index contributed by atoms with van der Waals surface area (Å²) in [7, 11) is 0. The SMILES string of the molecule is C/C=C(\O)C1OCCO1.CC.CC.CC.Cc1ccc2ncnc(Nc3ccc(OCc4cccc(F)c4)c(Cl)c3)c2c1. The van der Waals surface area contributed by atoms with Crippen LogP contribution in [0.2, 0.25) is 5.02 Å². The van der Waals surface area contributed by atoms with E-state index in [0.717, 1.165) is 27.7 Å². The summed E-state index contributed by atoms with van der Waals surface area (Å²) in [4.78, 5) is 8.64. The Morgan fingerprint density at radius 3 is 2.33 bits per heavy atom. The van der Waals surface area contributed by atoms with Crippen LogP contribution in [-0.2, 0) is 16.1 Å². The number of hydrogen-bond acceptors (Lipinski definition) is 7. The van der Waals surface area contributed by atoms with E-state index in [4.69, 9.17) is 30.9 Å². The molecule has 4 aromatic rings. The number of aliphatic hydroxyl groups excluding tert-OH is 1. The van der Waals surface area contributed by atoms with Crippen molar-refractivity contribution in [2.24, 2.45) is 0 Å². The molecule has 5 rings (SSSR count). The van der Waals surface area contributed by atoms with Crippen LogP contribution >= 0.6 is 11.6 Å². The number of rotatable bonds is 6. The fourth-order valence-electron chi connectivity index (χ4n) is 3.56. The predicted molar refractivity (Wildman–Crippen MR) is 176 cm³/mol. The number of hydrogen-bond donors (Lipinski definition) is 2. The number of aromatic nitrogens is 2. The summed E-state index contributed by atoms with van der Waals surface area (Å²) in [6.45, 7) is 17.1. The van der Waals surface area contributed by atoms with Crippen LogP contribution in [-0.4, -0.2) is 34.6 Å². The molecule has 1 aliphatic rings. The Morgan fingerprint density at radius 2 is 1.70 bits per heavy atom. The van der Waals surface area contributed by atoms with Crippen molar-refractivity contribution in [1.29, 1.82) is 0 Å². The minimum atomic E-state index is -0.505. The van der Waals surface area contributed by atoms with Crippen LogP contribution in [0.3, 0.4) is 0 Å². The van der Waals surface area contributed by atoms with Gasteiger partial charge in [-0.15, -0.1) is 0 Å². The maximum Gasteiger partial charge on any atom is 0.216 e. The zero-order valence-electron chi connectivity index (χ0n) is 26.4. The number of halogens is 2. The molecule has 2 heterocycles. The van der Waals surface area contributed by atoms with Crippen LogP contribution in [0.5, 0.6) is 5.75 Å². The first-order chi connectivity index (χ1) is 20.9. The highest BCUT2D eigenvalue weighted by molar-refractivity contribution is 6.32. The summed E-state index contributed by atoms with van der Waals surface area (Å²) in [6, 6.07) is 17.7. The molecule has 43 heavy (non-hydrogen) atoms. The van der Waals surface area contributed by atoms with E-state index >= 15 is 0 Å². The number of nitrogens with one attached hydrogen (secondary N) is 1. The van der Waals surface area contributed by atoms with E-state index in [1.165, 1.54) is 18.5 Å². The molecule has 1 aliphatic heterocycles. The molecule has 0 unspecified atom stereocenters. The molecule has 0 aliphatic carbocycles. The summed E-state index contributed by atoms with van der Waals surface area (Å²) in [5, 5.41) is 13.6. The van der Waals surface area contributed by atoms with Crippen LogP contribution in [0, 0.1) is 12.7 Å². The molecule has 0 radical (unpaired) electrons. The van der Waals surface area contributed by atoms with E-state index in [-0.39, 0.29) is 18.2 Å². The summed E-state index contributed by atoms with van der Waals surface area (Å²) < 4.78 is 28.9. The fourth-order valence-corrected chi connectivity index (χ4v) is 3.79. The fraction of sp³-hybridized carbons (Fsp3) is 0.353. The van der Waals surface area contributed by atoms with E-state index in [2.05, 4.69) is 15.3 Å². The van der Waals surface area contributed by atoms with Gasteiger partial charge in [0, 0.05) is 11.1 Å². The van der Waals surface area contributed by atoms with Gasteiger partial charge in [-0.2, -0.15) is 0 Å². The van der Waals surface area contributed by atoms with Gasteiger partial charge >= 0.3 is 0 Å². The Balaban J connectivity index is 0.000000517. The highest BCUT2D eigenvalue weighted by Gasteiger charge is 2.18. The molecule has 1 fully saturated rings. The van der Waals surface area contributed by atoms with Crippen molar-refractivity contribution < 1.29 is 23.7 Å². The molecule has 3 aromatic carbocycles. The van der Waals surface area contributed by atoms with Crippen molar-refractivity contribution in [2.75, 3.05) is 18.5 Å². The number of benzene rings is 3. The molecule has 0 amide bonds. The predicted octanol–water partition coefficient (Wildman–Crippen LogP) is 9.95. The molecular weight excluding hydrogens is 569 g/mol. The van der Waals surface area contributed by atoms with Gasteiger partial charge in [0.15, 0.2) is 0 Å². The molecule has 0 saturated carbocycles. The first kappa shape index (κ1) is 37.3. The van der Waals surface area contributed by atoms with E-state index in [9.17, 15) is 4.39 Å². The van der Waals surface area contributed by atoms with Gasteiger partial charge in [-0.25, -0.2) is 14.4 Å².